The number of amides is 1. The largest absolute Gasteiger partial charge is 0.405 e. The second-order valence-corrected chi connectivity index (χ2v) is 4.94. The lowest BCUT2D eigenvalue weighted by molar-refractivity contribution is -0.123. The molecule has 0 radical (unpaired) electrons. The molecule has 0 unspecified atom stereocenters. The number of alkyl halides is 3. The van der Waals surface area contributed by atoms with Gasteiger partial charge < -0.3 is 5.32 Å². The Bertz CT molecular complexity index is 835. The monoisotopic (exact) mass is 341 g/mol. The summed E-state index contributed by atoms with van der Waals surface area (Å²) in [4.78, 5) is 15.7. The molecule has 0 saturated carbocycles. The maximum Gasteiger partial charge on any atom is 0.405 e. The van der Waals surface area contributed by atoms with Gasteiger partial charge in [-0.15, -0.1) is 5.10 Å². The van der Waals surface area contributed by atoms with Gasteiger partial charge in [0.15, 0.2) is 5.82 Å². The molecule has 10 heteroatoms. The lowest BCUT2D eigenvalue weighted by Gasteiger charge is -2.12. The number of carbonyl (C=O) groups excluding carboxylic acids is 1. The third kappa shape index (κ3) is 3.68. The van der Waals surface area contributed by atoms with Crippen molar-refractivity contribution in [1.82, 2.24) is 20.1 Å². The van der Waals surface area contributed by atoms with Crippen LogP contribution in [-0.2, 0) is 7.05 Å². The lowest BCUT2D eigenvalue weighted by Crippen LogP contribution is -2.34. The molecule has 1 aromatic heterocycles. The first kappa shape index (κ1) is 17.4. The zero-order chi connectivity index (χ0) is 18.1. The number of aromatic nitrogens is 3. The summed E-state index contributed by atoms with van der Waals surface area (Å²) in [6.45, 7) is -0.104. The Morgan fingerprint density at radius 2 is 2.08 bits per heavy atom. The normalized spacial score (nSPS) is 11.2. The highest BCUT2D eigenvalue weighted by Crippen LogP contribution is 2.25. The quantitative estimate of drug-likeness (QED) is 0.867. The average Bonchev–Trinajstić information content (AvgIpc) is 2.85. The van der Waals surface area contributed by atoms with E-state index in [4.69, 9.17) is 5.26 Å². The van der Waals surface area contributed by atoms with E-state index in [9.17, 15) is 22.4 Å². The molecule has 24 heavy (non-hydrogen) atoms. The van der Waals surface area contributed by atoms with E-state index in [0.717, 1.165) is 16.8 Å². The van der Waals surface area contributed by atoms with Gasteiger partial charge in [0.25, 0.3) is 11.7 Å². The summed E-state index contributed by atoms with van der Waals surface area (Å²) in [6.07, 6.45) is -4.56. The van der Waals surface area contributed by atoms with Crippen molar-refractivity contribution >= 4 is 5.91 Å². The fourth-order valence-corrected chi connectivity index (χ4v) is 2.03. The second kappa shape index (κ2) is 6.27. The van der Waals surface area contributed by atoms with Crippen LogP contribution in [0.3, 0.4) is 0 Å². The van der Waals surface area contributed by atoms with Gasteiger partial charge in [-0.1, -0.05) is 0 Å². The van der Waals surface area contributed by atoms with Crippen LogP contribution in [0.4, 0.5) is 17.6 Å². The highest BCUT2D eigenvalue weighted by molar-refractivity contribution is 5.96. The molecule has 0 spiro atoms. The standard InChI is InChI=1S/C14H11F4N5O/c1-7-3-10(15)9(12-21-11(5-19)22-23(12)2)4-8(7)13(24)20-6-14(16,17)18/h3-4H,6H2,1-2H3,(H,20,24). The van der Waals surface area contributed by atoms with Crippen molar-refractivity contribution in [2.75, 3.05) is 6.54 Å². The number of nitriles is 1. The van der Waals surface area contributed by atoms with Crippen LogP contribution in [0.2, 0.25) is 0 Å². The van der Waals surface area contributed by atoms with E-state index in [1.165, 1.54) is 14.0 Å². The van der Waals surface area contributed by atoms with Crippen LogP contribution < -0.4 is 5.32 Å². The van der Waals surface area contributed by atoms with Crippen LogP contribution in [0.25, 0.3) is 11.4 Å². The highest BCUT2D eigenvalue weighted by atomic mass is 19.4. The van der Waals surface area contributed by atoms with Crippen molar-refractivity contribution in [3.63, 3.8) is 0 Å². The molecule has 0 aliphatic carbocycles. The number of hydrogen-bond donors (Lipinski definition) is 1. The van der Waals surface area contributed by atoms with Crippen molar-refractivity contribution < 1.29 is 22.4 Å². The first-order valence-corrected chi connectivity index (χ1v) is 6.59. The second-order valence-electron chi connectivity index (χ2n) is 4.94. The molecule has 1 heterocycles. The molecule has 0 saturated heterocycles. The molecule has 0 bridgehead atoms. The smallest absolute Gasteiger partial charge is 0.343 e. The molecule has 0 atom stereocenters. The molecule has 0 aliphatic heterocycles. The molecule has 0 aliphatic rings. The van der Waals surface area contributed by atoms with Gasteiger partial charge in [-0.2, -0.15) is 23.4 Å². The van der Waals surface area contributed by atoms with E-state index in [1.807, 2.05) is 0 Å². The summed E-state index contributed by atoms with van der Waals surface area (Å²) in [7, 11) is 1.42. The number of nitrogens with one attached hydrogen (secondary N) is 1. The maximum absolute atomic E-state index is 14.2. The van der Waals surface area contributed by atoms with Crippen LogP contribution in [0, 0.1) is 24.1 Å². The predicted octanol–water partition coefficient (Wildman–Crippen LogP) is 2.09. The van der Waals surface area contributed by atoms with Gasteiger partial charge in [-0.05, 0) is 24.6 Å². The minimum Gasteiger partial charge on any atom is -0.343 e. The Morgan fingerprint density at radius 3 is 2.62 bits per heavy atom. The highest BCUT2D eigenvalue weighted by Gasteiger charge is 2.28. The molecule has 6 nitrogen and oxygen atoms in total. The Morgan fingerprint density at radius 1 is 1.42 bits per heavy atom. The van der Waals surface area contributed by atoms with E-state index in [0.29, 0.717) is 0 Å². The topological polar surface area (TPSA) is 83.6 Å². The lowest BCUT2D eigenvalue weighted by atomic mass is 10.0. The Labute approximate surface area is 133 Å². The first-order chi connectivity index (χ1) is 11.1. The fourth-order valence-electron chi connectivity index (χ4n) is 2.03. The van der Waals surface area contributed by atoms with Gasteiger partial charge in [0.05, 0.1) is 5.56 Å². The van der Waals surface area contributed by atoms with Gasteiger partial charge in [0, 0.05) is 12.6 Å². The number of benzene rings is 1. The van der Waals surface area contributed by atoms with Crippen LogP contribution in [0.15, 0.2) is 12.1 Å². The van der Waals surface area contributed by atoms with Crippen LogP contribution in [0.1, 0.15) is 21.7 Å². The first-order valence-electron chi connectivity index (χ1n) is 6.59. The zero-order valence-electron chi connectivity index (χ0n) is 12.6. The number of nitrogens with zero attached hydrogens (tertiary/aromatic N) is 4. The van der Waals surface area contributed by atoms with Crippen molar-refractivity contribution in [3.05, 3.63) is 34.9 Å². The van der Waals surface area contributed by atoms with Crippen LogP contribution >= 0.6 is 0 Å². The fraction of sp³-hybridized carbons (Fsp3) is 0.286. The number of rotatable bonds is 3. The number of halogens is 4. The Hall–Kier alpha value is -2.96. The van der Waals surface area contributed by atoms with E-state index >= 15 is 0 Å². The van der Waals surface area contributed by atoms with E-state index in [1.54, 1.807) is 11.4 Å². The van der Waals surface area contributed by atoms with Gasteiger partial charge in [0.2, 0.25) is 0 Å². The van der Waals surface area contributed by atoms with E-state index in [2.05, 4.69) is 10.1 Å². The third-order valence-electron chi connectivity index (χ3n) is 3.11. The zero-order valence-corrected chi connectivity index (χ0v) is 12.6. The maximum atomic E-state index is 14.2. The minimum atomic E-state index is -4.56. The van der Waals surface area contributed by atoms with Crippen molar-refractivity contribution in [2.45, 2.75) is 13.1 Å². The third-order valence-corrected chi connectivity index (χ3v) is 3.11. The molecular weight excluding hydrogens is 330 g/mol. The number of carbonyl (C=O) groups is 1. The van der Waals surface area contributed by atoms with Gasteiger partial charge >= 0.3 is 6.18 Å². The van der Waals surface area contributed by atoms with Crippen molar-refractivity contribution in [1.29, 1.82) is 5.26 Å². The number of aryl methyl sites for hydroxylation is 2. The molecule has 1 N–H and O–H groups in total. The molecule has 126 valence electrons. The molecule has 0 fully saturated rings. The summed E-state index contributed by atoms with van der Waals surface area (Å²) >= 11 is 0. The summed E-state index contributed by atoms with van der Waals surface area (Å²) in [5.41, 5.74) is -0.106. The minimum absolute atomic E-state index is 0.0195. The van der Waals surface area contributed by atoms with Gasteiger partial charge in [0.1, 0.15) is 18.4 Å². The average molecular weight is 341 g/mol. The molecule has 1 aromatic carbocycles. The van der Waals surface area contributed by atoms with Crippen molar-refractivity contribution in [2.24, 2.45) is 7.05 Å². The van der Waals surface area contributed by atoms with Crippen molar-refractivity contribution in [3.8, 4) is 17.5 Å². The Balaban J connectivity index is 2.43. The summed E-state index contributed by atoms with van der Waals surface area (Å²) < 4.78 is 51.9. The number of hydrogen-bond acceptors (Lipinski definition) is 4. The summed E-state index contributed by atoms with van der Waals surface area (Å²) in [5.74, 6) is -1.95. The Kier molecular flexibility index (Phi) is 4.54. The predicted molar refractivity (Wildman–Crippen MR) is 74.2 cm³/mol. The molecule has 2 rings (SSSR count). The van der Waals surface area contributed by atoms with Gasteiger partial charge in [-0.25, -0.2) is 9.07 Å². The van der Waals surface area contributed by atoms with E-state index in [-0.39, 0.29) is 28.3 Å². The molecule has 1 amide bonds. The van der Waals surface area contributed by atoms with Crippen LogP contribution in [0.5, 0.6) is 0 Å². The summed E-state index contributed by atoms with van der Waals surface area (Å²) in [6, 6.07) is 3.79. The molecule has 2 aromatic rings. The van der Waals surface area contributed by atoms with Gasteiger partial charge in [-0.3, -0.25) is 4.79 Å². The van der Waals surface area contributed by atoms with Crippen LogP contribution in [-0.4, -0.2) is 33.4 Å². The SMILES string of the molecule is Cc1cc(F)c(-c2nc(C#N)nn2C)cc1C(=O)NCC(F)(F)F. The van der Waals surface area contributed by atoms with E-state index < -0.39 is 24.4 Å². The molecular formula is C14H11F4N5O. The summed E-state index contributed by atoms with van der Waals surface area (Å²) in [5, 5.41) is 14.2.